The summed E-state index contributed by atoms with van der Waals surface area (Å²) in [7, 11) is 0. The van der Waals surface area contributed by atoms with Crippen LogP contribution in [0.1, 0.15) is 15.9 Å². The lowest BCUT2D eigenvalue weighted by Gasteiger charge is -2.12. The molecule has 2 amide bonds. The summed E-state index contributed by atoms with van der Waals surface area (Å²) >= 11 is 8.44. The van der Waals surface area contributed by atoms with E-state index in [1.807, 2.05) is 61.5 Å². The number of thiocarbonyl (C=S) groups is 1. The minimum Gasteiger partial charge on any atom is -0.483 e. The third-order valence-electron chi connectivity index (χ3n) is 4.24. The van der Waals surface area contributed by atoms with Crippen molar-refractivity contribution in [1.82, 2.24) is 16.2 Å². The molecule has 0 saturated heterocycles. The Labute approximate surface area is 194 Å². The molecule has 0 aliphatic rings. The Balaban J connectivity index is 1.44. The van der Waals surface area contributed by atoms with E-state index in [-0.39, 0.29) is 17.6 Å². The van der Waals surface area contributed by atoms with Crippen LogP contribution in [-0.4, -0.2) is 23.5 Å². The van der Waals surface area contributed by atoms with Gasteiger partial charge < -0.3 is 4.74 Å². The number of hydrogen-bond acceptors (Lipinski definition) is 4. The number of carbonyl (C=O) groups excluding carboxylic acids is 2. The molecule has 0 radical (unpaired) electrons. The van der Waals surface area contributed by atoms with E-state index < -0.39 is 5.91 Å². The molecule has 0 spiro atoms. The second-order valence-electron chi connectivity index (χ2n) is 6.62. The van der Waals surface area contributed by atoms with Gasteiger partial charge in [-0.05, 0) is 76.0 Å². The van der Waals surface area contributed by atoms with Gasteiger partial charge in [0, 0.05) is 5.56 Å². The molecule has 0 saturated carbocycles. The zero-order valence-electron chi connectivity index (χ0n) is 16.6. The molecular weight excluding hydrogens is 478 g/mol. The molecule has 3 aromatic rings. The molecule has 31 heavy (non-hydrogen) atoms. The van der Waals surface area contributed by atoms with Crippen LogP contribution >= 0.6 is 28.1 Å². The van der Waals surface area contributed by atoms with Gasteiger partial charge in [-0.2, -0.15) is 0 Å². The van der Waals surface area contributed by atoms with Crippen LogP contribution in [0.4, 0.5) is 0 Å². The lowest BCUT2D eigenvalue weighted by atomic mass is 10.0. The summed E-state index contributed by atoms with van der Waals surface area (Å²) < 4.78 is 6.21. The molecular formula is C23H20BrN3O3S. The van der Waals surface area contributed by atoms with E-state index in [9.17, 15) is 9.59 Å². The quantitative estimate of drug-likeness (QED) is 0.364. The van der Waals surface area contributed by atoms with E-state index in [4.69, 9.17) is 17.0 Å². The number of amides is 2. The fourth-order valence-corrected chi connectivity index (χ4v) is 3.43. The first-order valence-corrected chi connectivity index (χ1v) is 10.6. The monoisotopic (exact) mass is 497 g/mol. The van der Waals surface area contributed by atoms with E-state index in [0.29, 0.717) is 11.3 Å². The van der Waals surface area contributed by atoms with Crippen LogP contribution in [0.3, 0.4) is 0 Å². The summed E-state index contributed by atoms with van der Waals surface area (Å²) in [5.41, 5.74) is 8.46. The van der Waals surface area contributed by atoms with Crippen LogP contribution in [0.2, 0.25) is 0 Å². The topological polar surface area (TPSA) is 79.5 Å². The number of ether oxygens (including phenoxy) is 1. The highest BCUT2D eigenvalue weighted by atomic mass is 79.9. The summed E-state index contributed by atoms with van der Waals surface area (Å²) in [4.78, 5) is 24.3. The van der Waals surface area contributed by atoms with Gasteiger partial charge in [0.15, 0.2) is 11.7 Å². The maximum absolute atomic E-state index is 12.3. The number of aryl methyl sites for hydroxylation is 1. The van der Waals surface area contributed by atoms with Crippen molar-refractivity contribution < 1.29 is 14.3 Å². The third kappa shape index (κ3) is 6.63. The molecule has 0 fully saturated rings. The predicted octanol–water partition coefficient (Wildman–Crippen LogP) is 4.14. The van der Waals surface area contributed by atoms with Gasteiger partial charge in [-0.1, -0.05) is 48.5 Å². The van der Waals surface area contributed by atoms with Gasteiger partial charge >= 0.3 is 0 Å². The number of nitrogens with one attached hydrogen (secondary N) is 3. The van der Waals surface area contributed by atoms with Crippen LogP contribution in [0.5, 0.6) is 5.75 Å². The predicted molar refractivity (Wildman–Crippen MR) is 128 cm³/mol. The van der Waals surface area contributed by atoms with Crippen molar-refractivity contribution in [3.8, 4) is 16.9 Å². The minimum atomic E-state index is -0.448. The van der Waals surface area contributed by atoms with Crippen LogP contribution in [0, 0.1) is 6.92 Å². The van der Waals surface area contributed by atoms with Crippen molar-refractivity contribution in [2.45, 2.75) is 6.92 Å². The second-order valence-corrected chi connectivity index (χ2v) is 7.88. The molecule has 0 heterocycles. The smallest absolute Gasteiger partial charge is 0.276 e. The van der Waals surface area contributed by atoms with Gasteiger partial charge in [0.1, 0.15) is 5.75 Å². The number of halogens is 1. The highest BCUT2D eigenvalue weighted by Gasteiger charge is 2.10. The van der Waals surface area contributed by atoms with Gasteiger partial charge in [-0.25, -0.2) is 0 Å². The molecule has 158 valence electrons. The lowest BCUT2D eigenvalue weighted by molar-refractivity contribution is -0.123. The van der Waals surface area contributed by atoms with Crippen LogP contribution in [-0.2, 0) is 4.79 Å². The zero-order valence-corrected chi connectivity index (χ0v) is 19.0. The number of hydrogen-bond donors (Lipinski definition) is 3. The van der Waals surface area contributed by atoms with Crippen molar-refractivity contribution in [3.05, 3.63) is 88.4 Å². The van der Waals surface area contributed by atoms with Crippen LogP contribution in [0.15, 0.2) is 77.3 Å². The van der Waals surface area contributed by atoms with E-state index in [1.54, 1.807) is 18.2 Å². The molecule has 0 bridgehead atoms. The van der Waals surface area contributed by atoms with E-state index >= 15 is 0 Å². The first-order valence-electron chi connectivity index (χ1n) is 9.37. The van der Waals surface area contributed by atoms with Crippen LogP contribution in [0.25, 0.3) is 11.1 Å². The summed E-state index contributed by atoms with van der Waals surface area (Å²) in [5.74, 6) is -0.280. The average Bonchev–Trinajstić information content (AvgIpc) is 2.78. The van der Waals surface area contributed by atoms with Crippen molar-refractivity contribution >= 4 is 45.1 Å². The molecule has 0 atom stereocenters. The van der Waals surface area contributed by atoms with E-state index in [2.05, 4.69) is 32.1 Å². The van der Waals surface area contributed by atoms with Crippen molar-refractivity contribution in [1.29, 1.82) is 0 Å². The standard InChI is InChI=1S/C23H20BrN3O3S/c1-15-7-12-20(19(24)13-15)30-14-21(28)26-27-23(31)25-22(29)18-10-8-17(9-11-18)16-5-3-2-4-6-16/h2-13H,14H2,1H3,(H,26,28)(H2,25,27,29,31). The van der Waals surface area contributed by atoms with Gasteiger partial charge in [-0.15, -0.1) is 0 Å². The highest BCUT2D eigenvalue weighted by molar-refractivity contribution is 9.10. The zero-order chi connectivity index (χ0) is 22.2. The van der Waals surface area contributed by atoms with Gasteiger partial charge in [0.25, 0.3) is 11.8 Å². The van der Waals surface area contributed by atoms with Gasteiger partial charge in [0.2, 0.25) is 0 Å². The van der Waals surface area contributed by atoms with Gasteiger partial charge in [0.05, 0.1) is 4.47 Å². The SMILES string of the molecule is Cc1ccc(OCC(=O)NNC(=S)NC(=O)c2ccc(-c3ccccc3)cc2)c(Br)c1. The van der Waals surface area contributed by atoms with Crippen molar-refractivity contribution in [2.75, 3.05) is 6.61 Å². The minimum absolute atomic E-state index is 0.0259. The highest BCUT2D eigenvalue weighted by Crippen LogP contribution is 2.25. The van der Waals surface area contributed by atoms with Crippen molar-refractivity contribution in [2.24, 2.45) is 0 Å². The summed E-state index contributed by atoms with van der Waals surface area (Å²) in [6.45, 7) is 1.74. The molecule has 0 aromatic heterocycles. The summed E-state index contributed by atoms with van der Waals surface area (Å²) in [6.07, 6.45) is 0. The fourth-order valence-electron chi connectivity index (χ4n) is 2.68. The molecule has 3 rings (SSSR count). The largest absolute Gasteiger partial charge is 0.483 e. The molecule has 0 aliphatic heterocycles. The molecule has 0 aliphatic carbocycles. The summed E-state index contributed by atoms with van der Waals surface area (Å²) in [5, 5.41) is 2.49. The van der Waals surface area contributed by atoms with E-state index in [1.165, 1.54) is 0 Å². The molecule has 0 unspecified atom stereocenters. The Bertz CT molecular complexity index is 1090. The lowest BCUT2D eigenvalue weighted by Crippen LogP contribution is -2.49. The third-order valence-corrected chi connectivity index (χ3v) is 5.07. The number of benzene rings is 3. The van der Waals surface area contributed by atoms with Crippen molar-refractivity contribution in [3.63, 3.8) is 0 Å². The van der Waals surface area contributed by atoms with E-state index in [0.717, 1.165) is 21.2 Å². The van der Waals surface area contributed by atoms with Gasteiger partial charge in [-0.3, -0.25) is 25.8 Å². The molecule has 3 aromatic carbocycles. The van der Waals surface area contributed by atoms with Crippen LogP contribution < -0.4 is 20.9 Å². The maximum atomic E-state index is 12.3. The number of carbonyl (C=O) groups is 2. The summed E-state index contributed by atoms with van der Waals surface area (Å²) in [6, 6.07) is 22.6. The fraction of sp³-hybridized carbons (Fsp3) is 0.0870. The average molecular weight is 498 g/mol. The first-order chi connectivity index (χ1) is 14.9. The Hall–Kier alpha value is -3.23. The molecule has 6 nitrogen and oxygen atoms in total. The Morgan fingerprint density at radius 1 is 0.935 bits per heavy atom. The Kier molecular flexibility index (Phi) is 7.75. The Morgan fingerprint density at radius 3 is 2.29 bits per heavy atom. The number of hydrazine groups is 1. The number of rotatable bonds is 5. The molecule has 8 heteroatoms. The first kappa shape index (κ1) is 22.5. The Morgan fingerprint density at radius 2 is 1.61 bits per heavy atom. The normalized spacial score (nSPS) is 10.1. The molecule has 3 N–H and O–H groups in total. The maximum Gasteiger partial charge on any atom is 0.276 e. The second kappa shape index (κ2) is 10.7.